The number of aryl methyl sites for hydroxylation is 1. The van der Waals surface area contributed by atoms with Crippen LogP contribution in [-0.2, 0) is 6.61 Å². The molecule has 2 aromatic rings. The molecule has 2 nitrogen and oxygen atoms in total. The third-order valence-corrected chi connectivity index (χ3v) is 3.55. The summed E-state index contributed by atoms with van der Waals surface area (Å²) < 4.78 is 18.7. The van der Waals surface area contributed by atoms with E-state index < -0.39 is 0 Å². The van der Waals surface area contributed by atoms with Crippen molar-refractivity contribution in [1.29, 1.82) is 0 Å². The van der Waals surface area contributed by atoms with Crippen LogP contribution in [0.15, 0.2) is 44.7 Å². The molecular formula is C12H11FO2S. The predicted molar refractivity (Wildman–Crippen MR) is 59.9 cm³/mol. The van der Waals surface area contributed by atoms with Crippen LogP contribution in [-0.4, -0.2) is 5.11 Å². The number of hydrogen-bond donors (Lipinski definition) is 1. The molecule has 1 aromatic heterocycles. The highest BCUT2D eigenvalue weighted by Crippen LogP contribution is 2.34. The Balaban J connectivity index is 2.37. The average Bonchev–Trinajstić information content (AvgIpc) is 2.67. The van der Waals surface area contributed by atoms with Crippen LogP contribution in [0.5, 0.6) is 0 Å². The highest BCUT2D eigenvalue weighted by Gasteiger charge is 2.11. The summed E-state index contributed by atoms with van der Waals surface area (Å²) in [5, 5.41) is 9.14. The lowest BCUT2D eigenvalue weighted by atomic mass is 10.2. The fourth-order valence-electron chi connectivity index (χ4n) is 1.38. The van der Waals surface area contributed by atoms with Crippen LogP contribution < -0.4 is 0 Å². The molecule has 84 valence electrons. The SMILES string of the molecule is Cc1occc1Sc1c(F)cccc1CO. The van der Waals surface area contributed by atoms with Crippen molar-refractivity contribution in [2.75, 3.05) is 0 Å². The van der Waals surface area contributed by atoms with Crippen LogP contribution >= 0.6 is 11.8 Å². The first kappa shape index (κ1) is 11.2. The molecule has 0 saturated heterocycles. The van der Waals surface area contributed by atoms with Gasteiger partial charge < -0.3 is 9.52 Å². The Morgan fingerprint density at radius 3 is 2.81 bits per heavy atom. The van der Waals surface area contributed by atoms with Gasteiger partial charge in [-0.25, -0.2) is 4.39 Å². The van der Waals surface area contributed by atoms with Gasteiger partial charge in [-0.1, -0.05) is 23.9 Å². The first-order chi connectivity index (χ1) is 7.72. The average molecular weight is 238 g/mol. The number of aliphatic hydroxyl groups is 1. The second-order valence-corrected chi connectivity index (χ2v) is 4.38. The minimum atomic E-state index is -0.322. The fourth-order valence-corrected chi connectivity index (χ4v) is 2.35. The maximum absolute atomic E-state index is 13.6. The van der Waals surface area contributed by atoms with Gasteiger partial charge in [0.1, 0.15) is 11.6 Å². The van der Waals surface area contributed by atoms with E-state index in [1.54, 1.807) is 24.5 Å². The summed E-state index contributed by atoms with van der Waals surface area (Å²) in [7, 11) is 0. The molecule has 0 fully saturated rings. The quantitative estimate of drug-likeness (QED) is 0.890. The van der Waals surface area contributed by atoms with Gasteiger partial charge in [-0.2, -0.15) is 0 Å². The van der Waals surface area contributed by atoms with E-state index in [9.17, 15) is 4.39 Å². The zero-order chi connectivity index (χ0) is 11.5. The van der Waals surface area contributed by atoms with Crippen LogP contribution in [0.25, 0.3) is 0 Å². The molecule has 0 saturated carbocycles. The van der Waals surface area contributed by atoms with Gasteiger partial charge >= 0.3 is 0 Å². The smallest absolute Gasteiger partial charge is 0.137 e. The Labute approximate surface area is 97.1 Å². The number of halogens is 1. The third kappa shape index (κ3) is 2.13. The molecule has 16 heavy (non-hydrogen) atoms. The van der Waals surface area contributed by atoms with Gasteiger partial charge in [0.2, 0.25) is 0 Å². The zero-order valence-electron chi connectivity index (χ0n) is 8.74. The highest BCUT2D eigenvalue weighted by atomic mass is 32.2. The van der Waals surface area contributed by atoms with E-state index >= 15 is 0 Å². The molecule has 0 aliphatic rings. The number of benzene rings is 1. The van der Waals surface area contributed by atoms with Gasteiger partial charge in [-0.15, -0.1) is 0 Å². The van der Waals surface area contributed by atoms with Crippen molar-refractivity contribution in [2.45, 2.75) is 23.3 Å². The Hall–Kier alpha value is -1.26. The van der Waals surface area contributed by atoms with E-state index in [1.165, 1.54) is 17.8 Å². The number of rotatable bonds is 3. The summed E-state index contributed by atoms with van der Waals surface area (Å²) in [4.78, 5) is 1.31. The summed E-state index contributed by atoms with van der Waals surface area (Å²) in [6.45, 7) is 1.65. The molecule has 1 heterocycles. The van der Waals surface area contributed by atoms with E-state index in [2.05, 4.69) is 0 Å². The third-order valence-electron chi connectivity index (χ3n) is 2.24. The van der Waals surface area contributed by atoms with Gasteiger partial charge in [0.15, 0.2) is 0 Å². The normalized spacial score (nSPS) is 10.7. The number of furan rings is 1. The standard InChI is InChI=1S/C12H11FO2S/c1-8-11(5-6-15-8)16-12-9(7-14)3-2-4-10(12)13/h2-6,14H,7H2,1H3. The molecule has 0 atom stereocenters. The van der Waals surface area contributed by atoms with Gasteiger partial charge in [0.25, 0.3) is 0 Å². The molecule has 1 N–H and O–H groups in total. The lowest BCUT2D eigenvalue weighted by Crippen LogP contribution is -1.91. The van der Waals surface area contributed by atoms with Gasteiger partial charge in [0.05, 0.1) is 22.7 Å². The summed E-state index contributed by atoms with van der Waals surface area (Å²) in [5.74, 6) is 0.425. The van der Waals surface area contributed by atoms with Crippen molar-refractivity contribution >= 4 is 11.8 Å². The van der Waals surface area contributed by atoms with E-state index in [4.69, 9.17) is 9.52 Å². The monoisotopic (exact) mass is 238 g/mol. The van der Waals surface area contributed by atoms with Crippen molar-refractivity contribution in [3.05, 3.63) is 47.7 Å². The fraction of sp³-hybridized carbons (Fsp3) is 0.167. The molecule has 1 aromatic carbocycles. The summed E-state index contributed by atoms with van der Waals surface area (Å²) in [6, 6.07) is 6.47. The van der Waals surface area contributed by atoms with Gasteiger partial charge in [0, 0.05) is 0 Å². The summed E-state index contributed by atoms with van der Waals surface area (Å²) in [5.41, 5.74) is 0.589. The van der Waals surface area contributed by atoms with E-state index in [0.29, 0.717) is 10.5 Å². The van der Waals surface area contributed by atoms with Gasteiger partial charge in [-0.3, -0.25) is 0 Å². The van der Waals surface area contributed by atoms with Crippen LogP contribution in [0.4, 0.5) is 4.39 Å². The summed E-state index contributed by atoms with van der Waals surface area (Å²) in [6.07, 6.45) is 1.57. The maximum Gasteiger partial charge on any atom is 0.137 e. The van der Waals surface area contributed by atoms with E-state index in [-0.39, 0.29) is 12.4 Å². The lowest BCUT2D eigenvalue weighted by molar-refractivity contribution is 0.277. The first-order valence-electron chi connectivity index (χ1n) is 4.82. The molecule has 0 amide bonds. The first-order valence-corrected chi connectivity index (χ1v) is 5.64. The van der Waals surface area contributed by atoms with Crippen LogP contribution in [0.3, 0.4) is 0 Å². The van der Waals surface area contributed by atoms with E-state index in [0.717, 1.165) is 10.7 Å². The molecule has 0 aliphatic heterocycles. The molecular weight excluding hydrogens is 227 g/mol. The van der Waals surface area contributed by atoms with Crippen LogP contribution in [0, 0.1) is 12.7 Å². The molecule has 0 spiro atoms. The Bertz CT molecular complexity index is 494. The molecule has 0 bridgehead atoms. The van der Waals surface area contributed by atoms with Crippen molar-refractivity contribution in [1.82, 2.24) is 0 Å². The van der Waals surface area contributed by atoms with Crippen LogP contribution in [0.2, 0.25) is 0 Å². The topological polar surface area (TPSA) is 33.4 Å². The maximum atomic E-state index is 13.6. The van der Waals surface area contributed by atoms with Crippen molar-refractivity contribution in [2.24, 2.45) is 0 Å². The minimum absolute atomic E-state index is 0.170. The highest BCUT2D eigenvalue weighted by molar-refractivity contribution is 7.99. The second-order valence-electron chi connectivity index (χ2n) is 3.33. The summed E-state index contributed by atoms with van der Waals surface area (Å²) >= 11 is 1.27. The lowest BCUT2D eigenvalue weighted by Gasteiger charge is -2.07. The van der Waals surface area contributed by atoms with Crippen LogP contribution in [0.1, 0.15) is 11.3 Å². The number of hydrogen-bond acceptors (Lipinski definition) is 3. The Morgan fingerprint density at radius 1 is 1.38 bits per heavy atom. The molecule has 0 unspecified atom stereocenters. The molecule has 0 radical (unpaired) electrons. The minimum Gasteiger partial charge on any atom is -0.468 e. The van der Waals surface area contributed by atoms with Crippen molar-refractivity contribution in [3.8, 4) is 0 Å². The molecule has 4 heteroatoms. The second kappa shape index (κ2) is 4.72. The van der Waals surface area contributed by atoms with E-state index in [1.807, 2.05) is 6.92 Å². The van der Waals surface area contributed by atoms with Gasteiger partial charge in [-0.05, 0) is 24.6 Å². The molecule has 0 aliphatic carbocycles. The van der Waals surface area contributed by atoms with Crippen molar-refractivity contribution in [3.63, 3.8) is 0 Å². The number of aliphatic hydroxyl groups excluding tert-OH is 1. The Kier molecular flexibility index (Phi) is 3.31. The zero-order valence-corrected chi connectivity index (χ0v) is 9.55. The van der Waals surface area contributed by atoms with Crippen molar-refractivity contribution < 1.29 is 13.9 Å². The Morgan fingerprint density at radius 2 is 2.19 bits per heavy atom. The molecule has 2 rings (SSSR count). The largest absolute Gasteiger partial charge is 0.468 e. The predicted octanol–water partition coefficient (Wildman–Crippen LogP) is 3.37.